The molecule has 0 aromatic carbocycles. The zero-order valence-corrected chi connectivity index (χ0v) is 11.4. The van der Waals surface area contributed by atoms with Crippen LogP contribution in [0.25, 0.3) is 0 Å². The molecule has 0 amide bonds. The first-order valence-electron chi connectivity index (χ1n) is 7.48. The fourth-order valence-electron chi connectivity index (χ4n) is 2.71. The van der Waals surface area contributed by atoms with Crippen molar-refractivity contribution in [1.82, 2.24) is 9.80 Å². The van der Waals surface area contributed by atoms with Crippen LogP contribution in [0.15, 0.2) is 0 Å². The van der Waals surface area contributed by atoms with E-state index in [-0.39, 0.29) is 0 Å². The predicted octanol–water partition coefficient (Wildman–Crippen LogP) is 1.53. The van der Waals surface area contributed by atoms with E-state index in [0.717, 1.165) is 12.5 Å². The first-order chi connectivity index (χ1) is 8.28. The van der Waals surface area contributed by atoms with E-state index in [4.69, 9.17) is 5.73 Å². The molecule has 0 aromatic heterocycles. The molecular formula is C14H29N3. The molecule has 1 saturated carbocycles. The number of nitrogens with zero attached hydrogens (tertiary/aromatic N) is 2. The van der Waals surface area contributed by atoms with Gasteiger partial charge in [0.15, 0.2) is 0 Å². The minimum absolute atomic E-state index is 0.393. The normalized spacial score (nSPS) is 25.1. The van der Waals surface area contributed by atoms with E-state index in [1.807, 2.05) is 0 Å². The van der Waals surface area contributed by atoms with Gasteiger partial charge in [-0.2, -0.15) is 0 Å². The number of nitrogens with two attached hydrogens (primary N) is 1. The van der Waals surface area contributed by atoms with Crippen LogP contribution >= 0.6 is 0 Å². The van der Waals surface area contributed by atoms with Crippen LogP contribution in [0.1, 0.15) is 39.0 Å². The molecule has 1 heterocycles. The van der Waals surface area contributed by atoms with Crippen LogP contribution in [0, 0.1) is 5.92 Å². The Balaban J connectivity index is 1.57. The summed E-state index contributed by atoms with van der Waals surface area (Å²) in [6.07, 6.45) is 6.69. The van der Waals surface area contributed by atoms with Crippen molar-refractivity contribution in [1.29, 1.82) is 0 Å². The first-order valence-corrected chi connectivity index (χ1v) is 7.48. The highest BCUT2D eigenvalue weighted by molar-refractivity contribution is 4.81. The lowest BCUT2D eigenvalue weighted by molar-refractivity contribution is 0.122. The Morgan fingerprint density at radius 2 is 1.76 bits per heavy atom. The fraction of sp³-hybridized carbons (Fsp3) is 1.00. The monoisotopic (exact) mass is 239 g/mol. The molecule has 1 aliphatic carbocycles. The summed E-state index contributed by atoms with van der Waals surface area (Å²) in [7, 11) is 0. The van der Waals surface area contributed by atoms with Gasteiger partial charge in [0.25, 0.3) is 0 Å². The zero-order chi connectivity index (χ0) is 12.1. The molecule has 1 unspecified atom stereocenters. The highest BCUT2D eigenvalue weighted by Crippen LogP contribution is 2.29. The van der Waals surface area contributed by atoms with Crippen molar-refractivity contribution in [2.24, 2.45) is 11.7 Å². The molecule has 2 rings (SSSR count). The van der Waals surface area contributed by atoms with Gasteiger partial charge in [0.2, 0.25) is 0 Å². The summed E-state index contributed by atoms with van der Waals surface area (Å²) in [6.45, 7) is 9.68. The first kappa shape index (κ1) is 13.3. The van der Waals surface area contributed by atoms with Crippen molar-refractivity contribution in [2.75, 3.05) is 39.3 Å². The van der Waals surface area contributed by atoms with E-state index in [2.05, 4.69) is 16.7 Å². The zero-order valence-electron chi connectivity index (χ0n) is 11.4. The topological polar surface area (TPSA) is 32.5 Å². The van der Waals surface area contributed by atoms with Crippen molar-refractivity contribution in [3.63, 3.8) is 0 Å². The largest absolute Gasteiger partial charge is 0.327 e. The predicted molar refractivity (Wildman–Crippen MR) is 73.1 cm³/mol. The Bertz CT molecular complexity index is 208. The number of hydrogen-bond donors (Lipinski definition) is 1. The molecule has 100 valence electrons. The highest BCUT2D eigenvalue weighted by Gasteiger charge is 2.26. The minimum atomic E-state index is 0.393. The third-order valence-electron chi connectivity index (χ3n) is 4.10. The van der Waals surface area contributed by atoms with Crippen molar-refractivity contribution in [3.05, 3.63) is 0 Å². The maximum atomic E-state index is 6.16. The number of rotatable bonds is 7. The molecule has 0 bridgehead atoms. The third kappa shape index (κ3) is 4.94. The summed E-state index contributed by atoms with van der Waals surface area (Å²) in [5.41, 5.74) is 6.16. The Kier molecular flexibility index (Phi) is 5.26. The van der Waals surface area contributed by atoms with E-state index >= 15 is 0 Å². The number of hydrogen-bond acceptors (Lipinski definition) is 3. The SMILES string of the molecule is CCCCC(N)CN1CCN(CC2CC2)CC1. The van der Waals surface area contributed by atoms with E-state index in [1.165, 1.54) is 64.8 Å². The van der Waals surface area contributed by atoms with E-state index < -0.39 is 0 Å². The molecule has 1 aliphatic heterocycles. The molecule has 0 radical (unpaired) electrons. The summed E-state index contributed by atoms with van der Waals surface area (Å²) < 4.78 is 0. The Morgan fingerprint density at radius 1 is 1.12 bits per heavy atom. The second-order valence-electron chi connectivity index (χ2n) is 5.95. The third-order valence-corrected chi connectivity index (χ3v) is 4.10. The second-order valence-corrected chi connectivity index (χ2v) is 5.95. The van der Waals surface area contributed by atoms with Crippen molar-refractivity contribution in [2.45, 2.75) is 45.1 Å². The summed E-state index contributed by atoms with van der Waals surface area (Å²) in [5.74, 6) is 1.04. The second kappa shape index (κ2) is 6.72. The molecule has 3 heteroatoms. The Labute approximate surface area is 106 Å². The summed E-state index contributed by atoms with van der Waals surface area (Å²) >= 11 is 0. The molecule has 1 saturated heterocycles. The lowest BCUT2D eigenvalue weighted by Gasteiger charge is -2.36. The average molecular weight is 239 g/mol. The highest BCUT2D eigenvalue weighted by atomic mass is 15.3. The van der Waals surface area contributed by atoms with Crippen molar-refractivity contribution in [3.8, 4) is 0 Å². The fourth-order valence-corrected chi connectivity index (χ4v) is 2.71. The van der Waals surface area contributed by atoms with Crippen molar-refractivity contribution >= 4 is 0 Å². The summed E-state index contributed by atoms with van der Waals surface area (Å²) in [4.78, 5) is 5.20. The van der Waals surface area contributed by atoms with E-state index in [0.29, 0.717) is 6.04 Å². The van der Waals surface area contributed by atoms with Gasteiger partial charge in [-0.1, -0.05) is 19.8 Å². The van der Waals surface area contributed by atoms with Gasteiger partial charge >= 0.3 is 0 Å². The summed E-state index contributed by atoms with van der Waals surface area (Å²) in [5, 5.41) is 0. The van der Waals surface area contributed by atoms with Crippen LogP contribution < -0.4 is 5.73 Å². The maximum Gasteiger partial charge on any atom is 0.0167 e. The van der Waals surface area contributed by atoms with Gasteiger partial charge in [-0.25, -0.2) is 0 Å². The van der Waals surface area contributed by atoms with Gasteiger partial charge < -0.3 is 10.6 Å². The molecule has 17 heavy (non-hydrogen) atoms. The van der Waals surface area contributed by atoms with Gasteiger partial charge in [-0.3, -0.25) is 4.90 Å². The molecule has 0 aromatic rings. The molecule has 3 nitrogen and oxygen atoms in total. The lowest BCUT2D eigenvalue weighted by atomic mass is 10.1. The summed E-state index contributed by atoms with van der Waals surface area (Å²) in [6, 6.07) is 0.393. The van der Waals surface area contributed by atoms with Crippen LogP contribution in [0.3, 0.4) is 0 Å². The maximum absolute atomic E-state index is 6.16. The standard InChI is InChI=1S/C14H29N3/c1-2-3-4-14(15)12-17-9-7-16(8-10-17)11-13-5-6-13/h13-14H,2-12,15H2,1H3. The van der Waals surface area contributed by atoms with E-state index in [1.54, 1.807) is 0 Å². The van der Waals surface area contributed by atoms with Gasteiger partial charge in [-0.05, 0) is 25.2 Å². The van der Waals surface area contributed by atoms with Crippen LogP contribution in [0.5, 0.6) is 0 Å². The van der Waals surface area contributed by atoms with Gasteiger partial charge in [-0.15, -0.1) is 0 Å². The van der Waals surface area contributed by atoms with Crippen LogP contribution in [-0.4, -0.2) is 55.1 Å². The van der Waals surface area contributed by atoms with Crippen LogP contribution in [0.2, 0.25) is 0 Å². The average Bonchev–Trinajstić information content (AvgIpc) is 3.13. The number of piperazine rings is 1. The smallest absolute Gasteiger partial charge is 0.0167 e. The van der Waals surface area contributed by atoms with E-state index in [9.17, 15) is 0 Å². The molecule has 1 atom stereocenters. The quantitative estimate of drug-likeness (QED) is 0.731. The Morgan fingerprint density at radius 3 is 2.35 bits per heavy atom. The Hall–Kier alpha value is -0.120. The molecule has 2 N–H and O–H groups in total. The lowest BCUT2D eigenvalue weighted by Crippen LogP contribution is -2.50. The van der Waals surface area contributed by atoms with Crippen LogP contribution in [-0.2, 0) is 0 Å². The van der Waals surface area contributed by atoms with Gasteiger partial charge in [0, 0.05) is 45.3 Å². The molecular weight excluding hydrogens is 210 g/mol. The molecule has 2 aliphatic rings. The minimum Gasteiger partial charge on any atom is -0.327 e. The van der Waals surface area contributed by atoms with Crippen LogP contribution in [0.4, 0.5) is 0 Å². The molecule has 2 fully saturated rings. The van der Waals surface area contributed by atoms with Crippen molar-refractivity contribution < 1.29 is 0 Å². The van der Waals surface area contributed by atoms with Gasteiger partial charge in [0.1, 0.15) is 0 Å². The van der Waals surface area contributed by atoms with Gasteiger partial charge in [0.05, 0.1) is 0 Å². The molecule has 0 spiro atoms. The number of unbranched alkanes of at least 4 members (excludes halogenated alkanes) is 1.